The quantitative estimate of drug-likeness (QED) is 0.772. The average Bonchev–Trinajstić information content (AvgIpc) is 3.06. The summed E-state index contributed by atoms with van der Waals surface area (Å²) < 4.78 is 5.14. The molecule has 1 N–H and O–H groups in total. The summed E-state index contributed by atoms with van der Waals surface area (Å²) in [6.45, 7) is 0.582. The van der Waals surface area contributed by atoms with Gasteiger partial charge in [0, 0.05) is 19.2 Å². The molecular weight excluding hydrogens is 328 g/mol. The number of amides is 1. The molecule has 0 bridgehead atoms. The Morgan fingerprint density at radius 2 is 2.00 bits per heavy atom. The number of nitrogens with one attached hydrogen (secondary N) is 1. The van der Waals surface area contributed by atoms with Gasteiger partial charge in [0.15, 0.2) is 0 Å². The lowest BCUT2D eigenvalue weighted by Crippen LogP contribution is -2.28. The number of carbonyl (C=O) groups excluding carboxylic acids is 1. The average molecular weight is 345 g/mol. The van der Waals surface area contributed by atoms with Gasteiger partial charge in [-0.1, -0.05) is 17.7 Å². The summed E-state index contributed by atoms with van der Waals surface area (Å²) >= 11 is 6.13. The Bertz CT molecular complexity index is 878. The third-order valence-electron chi connectivity index (χ3n) is 3.86. The van der Waals surface area contributed by atoms with Crippen LogP contribution in [0.25, 0.3) is 11.0 Å². The van der Waals surface area contributed by atoms with Crippen LogP contribution in [0.2, 0.25) is 5.02 Å². The molecule has 2 aromatic carbocycles. The normalized spacial score (nSPS) is 10.8. The van der Waals surface area contributed by atoms with Crippen molar-refractivity contribution in [3.05, 3.63) is 52.5 Å². The van der Waals surface area contributed by atoms with Gasteiger partial charge in [0.05, 0.1) is 12.1 Å². The van der Waals surface area contributed by atoms with E-state index in [-0.39, 0.29) is 5.91 Å². The fraction of sp³-hybridized carbons (Fsp3) is 0.235. The Balaban J connectivity index is 1.66. The van der Waals surface area contributed by atoms with Crippen LogP contribution in [-0.2, 0) is 6.42 Å². The van der Waals surface area contributed by atoms with E-state index in [0.717, 1.165) is 11.1 Å². The second-order valence-electron chi connectivity index (χ2n) is 5.47. The molecule has 6 nitrogen and oxygen atoms in total. The predicted octanol–water partition coefficient (Wildman–Crippen LogP) is 2.93. The highest BCUT2D eigenvalue weighted by Crippen LogP contribution is 2.25. The number of H-pyrrole nitrogens is 1. The van der Waals surface area contributed by atoms with Crippen LogP contribution in [0, 0.1) is 0 Å². The molecule has 0 aliphatic heterocycles. The van der Waals surface area contributed by atoms with Crippen LogP contribution in [0.3, 0.4) is 0 Å². The molecule has 0 fully saturated rings. The van der Waals surface area contributed by atoms with Crippen molar-refractivity contribution in [2.45, 2.75) is 6.42 Å². The van der Waals surface area contributed by atoms with E-state index in [1.165, 1.54) is 0 Å². The van der Waals surface area contributed by atoms with Crippen LogP contribution in [0.4, 0.5) is 0 Å². The number of hydrogen-bond acceptors (Lipinski definition) is 4. The zero-order valence-electron chi connectivity index (χ0n) is 13.4. The van der Waals surface area contributed by atoms with Crippen molar-refractivity contribution in [3.63, 3.8) is 0 Å². The molecule has 0 atom stereocenters. The van der Waals surface area contributed by atoms with Crippen molar-refractivity contribution in [2.75, 3.05) is 20.7 Å². The number of aromatic amines is 1. The molecule has 24 heavy (non-hydrogen) atoms. The maximum atomic E-state index is 12.5. The van der Waals surface area contributed by atoms with Crippen LogP contribution >= 0.6 is 11.6 Å². The van der Waals surface area contributed by atoms with E-state index in [1.807, 2.05) is 18.2 Å². The molecule has 7 heteroatoms. The number of benzene rings is 2. The van der Waals surface area contributed by atoms with E-state index < -0.39 is 0 Å². The van der Waals surface area contributed by atoms with Gasteiger partial charge in [-0.3, -0.25) is 4.79 Å². The Kier molecular flexibility index (Phi) is 4.66. The first kappa shape index (κ1) is 16.3. The van der Waals surface area contributed by atoms with Crippen molar-refractivity contribution >= 4 is 28.5 Å². The van der Waals surface area contributed by atoms with Gasteiger partial charge in [-0.05, 0) is 42.3 Å². The molecule has 1 amide bonds. The van der Waals surface area contributed by atoms with E-state index in [0.29, 0.717) is 34.8 Å². The molecule has 124 valence electrons. The van der Waals surface area contributed by atoms with Crippen molar-refractivity contribution < 1.29 is 9.53 Å². The minimum absolute atomic E-state index is 0.0560. The van der Waals surface area contributed by atoms with Gasteiger partial charge < -0.3 is 9.64 Å². The first-order valence-electron chi connectivity index (χ1n) is 7.47. The van der Waals surface area contributed by atoms with Crippen LogP contribution in [-0.4, -0.2) is 46.9 Å². The second-order valence-corrected chi connectivity index (χ2v) is 5.88. The minimum atomic E-state index is -0.0560. The molecule has 3 rings (SSSR count). The van der Waals surface area contributed by atoms with Crippen LogP contribution in [0.5, 0.6) is 5.75 Å². The summed E-state index contributed by atoms with van der Waals surface area (Å²) in [6.07, 6.45) is 0.707. The molecule has 0 aliphatic carbocycles. The number of aromatic nitrogens is 3. The van der Waals surface area contributed by atoms with Gasteiger partial charge in [0.1, 0.15) is 16.8 Å². The highest BCUT2D eigenvalue weighted by atomic mass is 35.5. The van der Waals surface area contributed by atoms with Crippen LogP contribution in [0.15, 0.2) is 36.4 Å². The molecule has 3 aromatic rings. The van der Waals surface area contributed by atoms with Gasteiger partial charge in [0.2, 0.25) is 0 Å². The minimum Gasteiger partial charge on any atom is -0.495 e. The lowest BCUT2D eigenvalue weighted by Gasteiger charge is -2.17. The van der Waals surface area contributed by atoms with Crippen molar-refractivity contribution in [2.24, 2.45) is 0 Å². The van der Waals surface area contributed by atoms with E-state index in [2.05, 4.69) is 15.4 Å². The second kappa shape index (κ2) is 6.88. The van der Waals surface area contributed by atoms with Crippen LogP contribution < -0.4 is 4.74 Å². The number of halogens is 1. The standard InChI is InChI=1S/C17H17ClN4O2/c1-22(8-7-11-3-6-16(24-2)13(18)9-11)17(23)12-4-5-14-15(10-12)20-21-19-14/h3-6,9-10H,7-8H2,1-2H3,(H,19,20,21). The Morgan fingerprint density at radius 3 is 2.75 bits per heavy atom. The molecular formula is C17H17ClN4O2. The largest absolute Gasteiger partial charge is 0.495 e. The first-order chi connectivity index (χ1) is 11.6. The van der Waals surface area contributed by atoms with Gasteiger partial charge in [0.25, 0.3) is 5.91 Å². The zero-order chi connectivity index (χ0) is 17.1. The monoisotopic (exact) mass is 344 g/mol. The lowest BCUT2D eigenvalue weighted by atomic mass is 10.1. The smallest absolute Gasteiger partial charge is 0.253 e. The van der Waals surface area contributed by atoms with Gasteiger partial charge >= 0.3 is 0 Å². The molecule has 0 spiro atoms. The summed E-state index contributed by atoms with van der Waals surface area (Å²) in [5.41, 5.74) is 3.05. The SMILES string of the molecule is COc1ccc(CCN(C)C(=O)c2ccc3n[nH]nc3c2)cc1Cl. The fourth-order valence-corrected chi connectivity index (χ4v) is 2.74. The highest BCUT2D eigenvalue weighted by Gasteiger charge is 2.13. The summed E-state index contributed by atoms with van der Waals surface area (Å²) in [5.74, 6) is 0.588. The number of hydrogen-bond donors (Lipinski definition) is 1. The molecule has 1 aromatic heterocycles. The summed E-state index contributed by atoms with van der Waals surface area (Å²) in [4.78, 5) is 14.2. The van der Waals surface area contributed by atoms with E-state index in [9.17, 15) is 4.79 Å². The molecule has 0 unspecified atom stereocenters. The number of ether oxygens (including phenoxy) is 1. The molecule has 0 saturated carbocycles. The zero-order valence-corrected chi connectivity index (χ0v) is 14.2. The van der Waals surface area contributed by atoms with Crippen molar-refractivity contribution in [3.8, 4) is 5.75 Å². The van der Waals surface area contributed by atoms with Gasteiger partial charge in [-0.15, -0.1) is 0 Å². The van der Waals surface area contributed by atoms with Crippen LogP contribution in [0.1, 0.15) is 15.9 Å². The predicted molar refractivity (Wildman–Crippen MR) is 92.6 cm³/mol. The molecule has 0 saturated heterocycles. The van der Waals surface area contributed by atoms with Gasteiger partial charge in [-0.2, -0.15) is 15.4 Å². The molecule has 1 heterocycles. The Morgan fingerprint density at radius 1 is 1.21 bits per heavy atom. The number of carbonyl (C=O) groups is 1. The number of fused-ring (bicyclic) bond motifs is 1. The van der Waals surface area contributed by atoms with Crippen molar-refractivity contribution in [1.82, 2.24) is 20.3 Å². The van der Waals surface area contributed by atoms with Gasteiger partial charge in [-0.25, -0.2) is 0 Å². The summed E-state index contributed by atoms with van der Waals surface area (Å²) in [6, 6.07) is 10.9. The highest BCUT2D eigenvalue weighted by molar-refractivity contribution is 6.32. The molecule has 0 aliphatic rings. The fourth-order valence-electron chi connectivity index (χ4n) is 2.46. The number of nitrogens with zero attached hydrogens (tertiary/aromatic N) is 3. The lowest BCUT2D eigenvalue weighted by molar-refractivity contribution is 0.0797. The summed E-state index contributed by atoms with van der Waals surface area (Å²) in [7, 11) is 3.36. The number of methoxy groups -OCH3 is 1. The first-order valence-corrected chi connectivity index (χ1v) is 7.84. The van der Waals surface area contributed by atoms with E-state index in [1.54, 1.807) is 37.3 Å². The Hall–Kier alpha value is -2.60. The maximum Gasteiger partial charge on any atom is 0.253 e. The number of likely N-dealkylation sites (N-methyl/N-ethyl adjacent to an activating group) is 1. The Labute approximate surface area is 144 Å². The van der Waals surface area contributed by atoms with E-state index in [4.69, 9.17) is 16.3 Å². The number of rotatable bonds is 5. The van der Waals surface area contributed by atoms with E-state index >= 15 is 0 Å². The van der Waals surface area contributed by atoms with Crippen molar-refractivity contribution in [1.29, 1.82) is 0 Å². The molecule has 0 radical (unpaired) electrons. The third-order valence-corrected chi connectivity index (χ3v) is 4.16. The topological polar surface area (TPSA) is 71.1 Å². The maximum absolute atomic E-state index is 12.5. The third kappa shape index (κ3) is 3.33. The summed E-state index contributed by atoms with van der Waals surface area (Å²) in [5, 5.41) is 11.1.